The van der Waals surface area contributed by atoms with Gasteiger partial charge in [0.1, 0.15) is 11.4 Å². The fourth-order valence-electron chi connectivity index (χ4n) is 3.11. The molecule has 0 aliphatic rings. The number of aromatic amines is 2. The predicted octanol–water partition coefficient (Wildman–Crippen LogP) is 2.30. The van der Waals surface area contributed by atoms with E-state index in [-0.39, 0.29) is 23.1 Å². The van der Waals surface area contributed by atoms with Gasteiger partial charge in [-0.2, -0.15) is 0 Å². The molecule has 7 heteroatoms. The standard InChI is InChI=1S/C19H23N3O4/c1-11(2)7-17-18(23)21-16(19(26-4)22(17)24)8-12-10-20-15-6-5-13(25-3)9-14(12)15/h5-6,9-11,20H,7-8H2,1-4H3,(H,21,23). The van der Waals surface area contributed by atoms with Crippen LogP contribution in [0.3, 0.4) is 0 Å². The van der Waals surface area contributed by atoms with Gasteiger partial charge in [0, 0.05) is 29.9 Å². The predicted molar refractivity (Wildman–Crippen MR) is 98.8 cm³/mol. The van der Waals surface area contributed by atoms with Crippen LogP contribution < -0.4 is 19.8 Å². The summed E-state index contributed by atoms with van der Waals surface area (Å²) in [5, 5.41) is 13.6. The van der Waals surface area contributed by atoms with Crippen molar-refractivity contribution in [3.63, 3.8) is 0 Å². The molecule has 0 amide bonds. The van der Waals surface area contributed by atoms with Crippen molar-refractivity contribution in [2.45, 2.75) is 26.7 Å². The normalized spacial score (nSPS) is 11.3. The molecule has 0 aliphatic heterocycles. The highest BCUT2D eigenvalue weighted by Crippen LogP contribution is 2.26. The van der Waals surface area contributed by atoms with Crippen molar-refractivity contribution in [3.8, 4) is 11.6 Å². The van der Waals surface area contributed by atoms with E-state index < -0.39 is 0 Å². The van der Waals surface area contributed by atoms with Crippen molar-refractivity contribution in [1.82, 2.24) is 9.97 Å². The Morgan fingerprint density at radius 1 is 1.23 bits per heavy atom. The summed E-state index contributed by atoms with van der Waals surface area (Å²) < 4.78 is 11.2. The third-order valence-electron chi connectivity index (χ3n) is 4.35. The Kier molecular flexibility index (Phi) is 4.88. The number of methoxy groups -OCH3 is 2. The molecule has 2 heterocycles. The number of nitrogens with one attached hydrogen (secondary N) is 2. The Bertz CT molecular complexity index is 988. The Hall–Kier alpha value is -2.96. The molecule has 0 saturated heterocycles. The Labute approximate surface area is 151 Å². The summed E-state index contributed by atoms with van der Waals surface area (Å²) in [6.07, 6.45) is 2.61. The smallest absolute Gasteiger partial charge is 0.400 e. The first-order valence-corrected chi connectivity index (χ1v) is 8.50. The van der Waals surface area contributed by atoms with Crippen LogP contribution in [0.4, 0.5) is 0 Å². The molecule has 0 fully saturated rings. The minimum Gasteiger partial charge on any atom is -0.616 e. The van der Waals surface area contributed by atoms with Gasteiger partial charge in [-0.25, -0.2) is 0 Å². The van der Waals surface area contributed by atoms with E-state index >= 15 is 0 Å². The van der Waals surface area contributed by atoms with Crippen molar-refractivity contribution in [3.05, 3.63) is 56.9 Å². The van der Waals surface area contributed by atoms with E-state index in [0.29, 0.717) is 23.3 Å². The summed E-state index contributed by atoms with van der Waals surface area (Å²) in [6, 6.07) is 5.72. The molecule has 0 unspecified atom stereocenters. The largest absolute Gasteiger partial charge is 0.616 e. The number of hydrogen-bond acceptors (Lipinski definition) is 4. The number of rotatable bonds is 6. The van der Waals surface area contributed by atoms with Crippen LogP contribution in [0.2, 0.25) is 0 Å². The van der Waals surface area contributed by atoms with Gasteiger partial charge in [0.15, 0.2) is 0 Å². The molecule has 26 heavy (non-hydrogen) atoms. The highest BCUT2D eigenvalue weighted by atomic mass is 16.5. The minimum atomic E-state index is -0.373. The molecule has 2 aromatic heterocycles. The van der Waals surface area contributed by atoms with Gasteiger partial charge in [-0.3, -0.25) is 4.79 Å². The number of ether oxygens (including phenoxy) is 2. The van der Waals surface area contributed by atoms with Crippen LogP contribution in [0.1, 0.15) is 30.8 Å². The zero-order chi connectivity index (χ0) is 18.8. The van der Waals surface area contributed by atoms with E-state index in [2.05, 4.69) is 9.97 Å². The van der Waals surface area contributed by atoms with Crippen molar-refractivity contribution in [1.29, 1.82) is 0 Å². The third kappa shape index (κ3) is 3.24. The van der Waals surface area contributed by atoms with E-state index in [9.17, 15) is 10.0 Å². The Morgan fingerprint density at radius 2 is 2.00 bits per heavy atom. The molecule has 2 N–H and O–H groups in total. The molecule has 0 spiro atoms. The molecule has 0 bridgehead atoms. The average Bonchev–Trinajstić information content (AvgIpc) is 3.00. The maximum Gasteiger partial charge on any atom is 0.400 e. The monoisotopic (exact) mass is 357 g/mol. The van der Waals surface area contributed by atoms with Crippen molar-refractivity contribution in [2.75, 3.05) is 14.2 Å². The summed E-state index contributed by atoms with van der Waals surface area (Å²) in [5.74, 6) is 1.05. The van der Waals surface area contributed by atoms with Crippen LogP contribution in [0.5, 0.6) is 11.6 Å². The molecule has 1 aromatic carbocycles. The zero-order valence-corrected chi connectivity index (χ0v) is 15.4. The van der Waals surface area contributed by atoms with Gasteiger partial charge < -0.3 is 24.6 Å². The van der Waals surface area contributed by atoms with Crippen LogP contribution in [-0.4, -0.2) is 24.2 Å². The second-order valence-electron chi connectivity index (χ2n) is 6.68. The molecule has 0 radical (unpaired) electrons. The van der Waals surface area contributed by atoms with E-state index in [1.807, 2.05) is 38.2 Å². The highest BCUT2D eigenvalue weighted by molar-refractivity contribution is 5.84. The number of fused-ring (bicyclic) bond motifs is 1. The quantitative estimate of drug-likeness (QED) is 0.523. The van der Waals surface area contributed by atoms with Crippen LogP contribution >= 0.6 is 0 Å². The maximum atomic E-state index is 12.6. The lowest BCUT2D eigenvalue weighted by atomic mass is 10.1. The lowest BCUT2D eigenvalue weighted by Gasteiger charge is -2.12. The van der Waals surface area contributed by atoms with Crippen LogP contribution in [0, 0.1) is 11.1 Å². The molecule has 0 atom stereocenters. The van der Waals surface area contributed by atoms with E-state index in [1.54, 1.807) is 7.11 Å². The molecular formula is C19H23N3O4. The summed E-state index contributed by atoms with van der Waals surface area (Å²) in [6.45, 7) is 3.91. The topological polar surface area (TPSA) is 94.1 Å². The minimum absolute atomic E-state index is 0.123. The number of nitrogens with zero attached hydrogens (tertiary/aromatic N) is 1. The van der Waals surface area contributed by atoms with Gasteiger partial charge in [0.2, 0.25) is 0 Å². The van der Waals surface area contributed by atoms with Gasteiger partial charge in [0.05, 0.1) is 14.2 Å². The lowest BCUT2D eigenvalue weighted by Crippen LogP contribution is -2.43. The molecular weight excluding hydrogens is 334 g/mol. The summed E-state index contributed by atoms with van der Waals surface area (Å²) >= 11 is 0. The Balaban J connectivity index is 2.06. The SMILES string of the molecule is COc1ccc2[nH]cc(Cc3[nH]c(=O)c(CC(C)C)[n+]([O-])c3OC)c2c1. The first-order chi connectivity index (χ1) is 12.4. The summed E-state index contributed by atoms with van der Waals surface area (Å²) in [4.78, 5) is 18.4. The van der Waals surface area contributed by atoms with Crippen LogP contribution in [-0.2, 0) is 12.8 Å². The maximum absolute atomic E-state index is 12.6. The first kappa shape index (κ1) is 17.8. The molecule has 3 aromatic rings. The molecule has 0 saturated carbocycles. The lowest BCUT2D eigenvalue weighted by molar-refractivity contribution is -0.622. The molecule has 0 aliphatic carbocycles. The molecule has 3 rings (SSSR count). The second-order valence-corrected chi connectivity index (χ2v) is 6.68. The van der Waals surface area contributed by atoms with Crippen LogP contribution in [0.25, 0.3) is 10.9 Å². The fourth-order valence-corrected chi connectivity index (χ4v) is 3.11. The van der Waals surface area contributed by atoms with Crippen molar-refractivity contribution >= 4 is 10.9 Å². The van der Waals surface area contributed by atoms with E-state index in [0.717, 1.165) is 22.2 Å². The third-order valence-corrected chi connectivity index (χ3v) is 4.35. The summed E-state index contributed by atoms with van der Waals surface area (Å²) in [5.41, 5.74) is 2.13. The van der Waals surface area contributed by atoms with Crippen molar-refractivity contribution < 1.29 is 14.2 Å². The van der Waals surface area contributed by atoms with Crippen LogP contribution in [0.15, 0.2) is 29.2 Å². The average molecular weight is 357 g/mol. The number of benzene rings is 1. The van der Waals surface area contributed by atoms with Gasteiger partial charge >= 0.3 is 11.4 Å². The van der Waals surface area contributed by atoms with Gasteiger partial charge in [0.25, 0.3) is 5.69 Å². The van der Waals surface area contributed by atoms with E-state index in [4.69, 9.17) is 9.47 Å². The van der Waals surface area contributed by atoms with Gasteiger partial charge in [-0.1, -0.05) is 13.8 Å². The van der Waals surface area contributed by atoms with E-state index in [1.165, 1.54) is 7.11 Å². The summed E-state index contributed by atoms with van der Waals surface area (Å²) in [7, 11) is 3.05. The number of hydrogen-bond donors (Lipinski definition) is 2. The number of aromatic nitrogens is 3. The molecule has 7 nitrogen and oxygen atoms in total. The zero-order valence-electron chi connectivity index (χ0n) is 15.4. The van der Waals surface area contributed by atoms with Crippen molar-refractivity contribution in [2.24, 2.45) is 5.92 Å². The highest BCUT2D eigenvalue weighted by Gasteiger charge is 2.24. The van der Waals surface area contributed by atoms with Gasteiger partial charge in [-0.15, -0.1) is 4.73 Å². The second kappa shape index (κ2) is 7.11. The number of H-pyrrole nitrogens is 2. The fraction of sp³-hybridized carbons (Fsp3) is 0.368. The van der Waals surface area contributed by atoms with Gasteiger partial charge in [-0.05, 0) is 29.7 Å². The first-order valence-electron chi connectivity index (χ1n) is 8.50. The molecule has 138 valence electrons. The Morgan fingerprint density at radius 3 is 2.65 bits per heavy atom.